The molecular formula is C23H25ClN2O4. The van der Waals surface area contributed by atoms with Crippen LogP contribution in [0.4, 0.5) is 0 Å². The van der Waals surface area contributed by atoms with E-state index in [1.807, 2.05) is 13.8 Å². The number of carbonyl (C=O) groups excluding carboxylic acids is 2. The van der Waals surface area contributed by atoms with Crippen molar-refractivity contribution < 1.29 is 14.3 Å². The maximum Gasteiger partial charge on any atom is 0.268 e. The second-order valence-corrected chi connectivity index (χ2v) is 9.27. The number of fused-ring (bicyclic) bond motifs is 1. The number of ether oxygens (including phenoxy) is 1. The molecule has 1 aromatic heterocycles. The van der Waals surface area contributed by atoms with Crippen molar-refractivity contribution in [2.75, 3.05) is 13.2 Å². The van der Waals surface area contributed by atoms with E-state index in [0.717, 1.165) is 12.8 Å². The topological polar surface area (TPSA) is 77.4 Å². The molecule has 4 rings (SSSR count). The van der Waals surface area contributed by atoms with Crippen molar-refractivity contribution in [3.8, 4) is 5.69 Å². The highest BCUT2D eigenvalue weighted by Crippen LogP contribution is 2.35. The van der Waals surface area contributed by atoms with Crippen molar-refractivity contribution in [3.63, 3.8) is 0 Å². The van der Waals surface area contributed by atoms with Crippen LogP contribution >= 0.6 is 11.6 Å². The molecule has 0 saturated carbocycles. The molecule has 1 aliphatic carbocycles. The Labute approximate surface area is 180 Å². The molecule has 2 heterocycles. The molecule has 1 aliphatic heterocycles. The Morgan fingerprint density at radius 1 is 1.23 bits per heavy atom. The number of Topliss-reactive ketones (excluding diaryl/α,β-unsaturated/α-hetero) is 1. The number of carbonyl (C=O) groups is 2. The Morgan fingerprint density at radius 3 is 2.63 bits per heavy atom. The first-order chi connectivity index (χ1) is 14.2. The maximum atomic E-state index is 13.4. The van der Waals surface area contributed by atoms with Crippen molar-refractivity contribution in [3.05, 3.63) is 62.5 Å². The minimum absolute atomic E-state index is 0.0370. The van der Waals surface area contributed by atoms with Crippen LogP contribution in [0.2, 0.25) is 5.02 Å². The van der Waals surface area contributed by atoms with E-state index in [-0.39, 0.29) is 22.9 Å². The van der Waals surface area contributed by atoms with E-state index in [0.29, 0.717) is 47.8 Å². The molecule has 0 spiro atoms. The van der Waals surface area contributed by atoms with Gasteiger partial charge in [-0.05, 0) is 54.5 Å². The number of nitrogens with zero attached hydrogens (tertiary/aromatic N) is 1. The predicted molar refractivity (Wildman–Crippen MR) is 115 cm³/mol. The smallest absolute Gasteiger partial charge is 0.268 e. The average molecular weight is 429 g/mol. The van der Waals surface area contributed by atoms with Crippen LogP contribution in [0.5, 0.6) is 0 Å². The quantitative estimate of drug-likeness (QED) is 0.807. The summed E-state index contributed by atoms with van der Waals surface area (Å²) in [6.07, 6.45) is 4.24. The maximum absolute atomic E-state index is 13.4. The molecule has 0 radical (unpaired) electrons. The third-order valence-corrected chi connectivity index (χ3v) is 6.01. The molecule has 1 N–H and O–H groups in total. The molecule has 1 amide bonds. The predicted octanol–water partition coefficient (Wildman–Crippen LogP) is 3.55. The number of nitrogens with one attached hydrogen (secondary N) is 1. The summed E-state index contributed by atoms with van der Waals surface area (Å²) in [5.74, 6) is -0.516. The summed E-state index contributed by atoms with van der Waals surface area (Å²) in [4.78, 5) is 39.4. The fourth-order valence-corrected chi connectivity index (χ4v) is 4.40. The highest BCUT2D eigenvalue weighted by molar-refractivity contribution is 6.30. The fourth-order valence-electron chi connectivity index (χ4n) is 4.27. The van der Waals surface area contributed by atoms with E-state index in [4.69, 9.17) is 16.3 Å². The van der Waals surface area contributed by atoms with E-state index in [1.54, 1.807) is 30.5 Å². The van der Waals surface area contributed by atoms with Crippen LogP contribution in [-0.4, -0.2) is 35.5 Å². The molecule has 30 heavy (non-hydrogen) atoms. The zero-order valence-electron chi connectivity index (χ0n) is 17.2. The van der Waals surface area contributed by atoms with Gasteiger partial charge in [0.15, 0.2) is 5.78 Å². The zero-order chi connectivity index (χ0) is 21.5. The minimum atomic E-state index is -0.458. The van der Waals surface area contributed by atoms with Crippen LogP contribution in [0.1, 0.15) is 59.4 Å². The monoisotopic (exact) mass is 428 g/mol. The first-order valence-electron chi connectivity index (χ1n) is 10.2. The van der Waals surface area contributed by atoms with Gasteiger partial charge in [-0.25, -0.2) is 0 Å². The molecule has 2 aliphatic rings. The van der Waals surface area contributed by atoms with Crippen LogP contribution in [-0.2, 0) is 11.2 Å². The molecule has 158 valence electrons. The summed E-state index contributed by atoms with van der Waals surface area (Å²) >= 11 is 5.98. The Kier molecular flexibility index (Phi) is 5.55. The van der Waals surface area contributed by atoms with Crippen molar-refractivity contribution in [1.82, 2.24) is 9.88 Å². The number of aromatic nitrogens is 1. The normalized spacial score (nSPS) is 20.1. The van der Waals surface area contributed by atoms with E-state index in [9.17, 15) is 14.4 Å². The SMILES string of the molecule is CC1(C)CC(=O)c2cn(-c3ccc(Cl)cc3)c(=O)c(C(=O)NCC3CCCO3)c2C1. The van der Waals surface area contributed by atoms with Gasteiger partial charge in [-0.15, -0.1) is 0 Å². The Balaban J connectivity index is 1.81. The zero-order valence-corrected chi connectivity index (χ0v) is 17.9. The van der Waals surface area contributed by atoms with Crippen LogP contribution in [0, 0.1) is 5.41 Å². The van der Waals surface area contributed by atoms with Gasteiger partial charge in [0.1, 0.15) is 5.56 Å². The summed E-state index contributed by atoms with van der Waals surface area (Å²) in [6.45, 7) is 4.99. The number of hydrogen-bond donors (Lipinski definition) is 1. The Hall–Kier alpha value is -2.44. The lowest BCUT2D eigenvalue weighted by molar-refractivity contribution is 0.0853. The molecule has 0 bridgehead atoms. The summed E-state index contributed by atoms with van der Waals surface area (Å²) in [7, 11) is 0. The third-order valence-electron chi connectivity index (χ3n) is 5.76. The van der Waals surface area contributed by atoms with Crippen LogP contribution in [0.25, 0.3) is 5.69 Å². The van der Waals surface area contributed by atoms with Gasteiger partial charge in [-0.2, -0.15) is 0 Å². The number of benzene rings is 1. The minimum Gasteiger partial charge on any atom is -0.376 e. The van der Waals surface area contributed by atoms with E-state index < -0.39 is 11.5 Å². The van der Waals surface area contributed by atoms with Gasteiger partial charge in [-0.3, -0.25) is 19.0 Å². The van der Waals surface area contributed by atoms with Gasteiger partial charge in [0.05, 0.1) is 6.10 Å². The van der Waals surface area contributed by atoms with E-state index >= 15 is 0 Å². The lowest BCUT2D eigenvalue weighted by Gasteiger charge is -2.31. The summed E-state index contributed by atoms with van der Waals surface area (Å²) in [6, 6.07) is 6.73. The van der Waals surface area contributed by atoms with Crippen molar-refractivity contribution in [1.29, 1.82) is 0 Å². The fraction of sp³-hybridized carbons (Fsp3) is 0.435. The summed E-state index contributed by atoms with van der Waals surface area (Å²) in [5.41, 5.74) is 0.820. The van der Waals surface area contributed by atoms with E-state index in [1.165, 1.54) is 4.57 Å². The average Bonchev–Trinajstić information content (AvgIpc) is 3.19. The number of rotatable bonds is 4. The number of pyridine rings is 1. The third kappa shape index (κ3) is 4.07. The van der Waals surface area contributed by atoms with Gasteiger partial charge >= 0.3 is 0 Å². The highest BCUT2D eigenvalue weighted by atomic mass is 35.5. The van der Waals surface area contributed by atoms with Crippen molar-refractivity contribution in [2.45, 2.75) is 45.6 Å². The van der Waals surface area contributed by atoms with Gasteiger partial charge < -0.3 is 10.1 Å². The lowest BCUT2D eigenvalue weighted by Crippen LogP contribution is -2.40. The van der Waals surface area contributed by atoms with Gasteiger partial charge in [-0.1, -0.05) is 25.4 Å². The molecule has 1 unspecified atom stereocenters. The van der Waals surface area contributed by atoms with Crippen molar-refractivity contribution >= 4 is 23.3 Å². The first kappa shape index (κ1) is 20.8. The second-order valence-electron chi connectivity index (χ2n) is 8.83. The van der Waals surface area contributed by atoms with Crippen LogP contribution in [0.15, 0.2) is 35.3 Å². The Morgan fingerprint density at radius 2 is 1.97 bits per heavy atom. The van der Waals surface area contributed by atoms with E-state index in [2.05, 4.69) is 5.32 Å². The second kappa shape index (κ2) is 8.00. The molecule has 6 nitrogen and oxygen atoms in total. The van der Waals surface area contributed by atoms with Gasteiger partial charge in [0.2, 0.25) is 0 Å². The molecule has 7 heteroatoms. The first-order valence-corrected chi connectivity index (χ1v) is 10.6. The number of amides is 1. The van der Waals surface area contributed by atoms with Gasteiger partial charge in [0.25, 0.3) is 11.5 Å². The standard InChI is InChI=1S/C23H25ClN2O4/c1-23(2)10-17-18(19(27)11-23)13-26(15-7-5-14(24)6-8-15)22(29)20(17)21(28)25-12-16-4-3-9-30-16/h5-8,13,16H,3-4,9-12H2,1-2H3,(H,25,28). The number of hydrogen-bond acceptors (Lipinski definition) is 4. The molecule has 1 saturated heterocycles. The van der Waals surface area contributed by atoms with Crippen LogP contribution < -0.4 is 10.9 Å². The van der Waals surface area contributed by atoms with Gasteiger partial charge in [0, 0.05) is 42.0 Å². The molecule has 2 aromatic rings. The molecular weight excluding hydrogens is 404 g/mol. The Bertz CT molecular complexity index is 1050. The number of halogens is 1. The number of ketones is 1. The van der Waals surface area contributed by atoms with Crippen LogP contribution in [0.3, 0.4) is 0 Å². The highest BCUT2D eigenvalue weighted by Gasteiger charge is 2.36. The van der Waals surface area contributed by atoms with Crippen molar-refractivity contribution in [2.24, 2.45) is 5.41 Å². The molecule has 1 atom stereocenters. The molecule has 1 aromatic carbocycles. The summed E-state index contributed by atoms with van der Waals surface area (Å²) in [5, 5.41) is 3.39. The lowest BCUT2D eigenvalue weighted by atomic mass is 9.73. The largest absolute Gasteiger partial charge is 0.376 e. The molecule has 1 fully saturated rings. The summed E-state index contributed by atoms with van der Waals surface area (Å²) < 4.78 is 6.94.